The van der Waals surface area contributed by atoms with Gasteiger partial charge in [-0.25, -0.2) is 0 Å². The Hall–Kier alpha value is -1.80. The summed E-state index contributed by atoms with van der Waals surface area (Å²) in [5, 5.41) is 2.67. The van der Waals surface area contributed by atoms with Gasteiger partial charge in [0.2, 0.25) is 11.9 Å². The van der Waals surface area contributed by atoms with Crippen LogP contribution in [-0.4, -0.2) is 47.4 Å². The minimum atomic E-state index is -4.33. The van der Waals surface area contributed by atoms with Crippen LogP contribution < -0.4 is 15.0 Å². The Morgan fingerprint density at radius 1 is 1.25 bits per heavy atom. The molecule has 0 aliphatic rings. The van der Waals surface area contributed by atoms with Crippen LogP contribution in [0, 0.1) is 0 Å². The second kappa shape index (κ2) is 6.58. The van der Waals surface area contributed by atoms with Crippen LogP contribution >= 0.6 is 0 Å². The monoisotopic (exact) mass is 293 g/mol. The van der Waals surface area contributed by atoms with Gasteiger partial charge in [-0.1, -0.05) is 0 Å². The SMILES string of the molecule is CCN(CC(F)(F)F)c1nc(NC)nc(OC(C)C)n1. The van der Waals surface area contributed by atoms with Crippen molar-refractivity contribution in [2.45, 2.75) is 33.1 Å². The van der Waals surface area contributed by atoms with Crippen LogP contribution in [0.3, 0.4) is 0 Å². The number of aromatic nitrogens is 3. The van der Waals surface area contributed by atoms with Gasteiger partial charge in [0.05, 0.1) is 6.10 Å². The van der Waals surface area contributed by atoms with Gasteiger partial charge in [0.15, 0.2) is 0 Å². The molecule has 0 aromatic carbocycles. The molecule has 0 radical (unpaired) electrons. The van der Waals surface area contributed by atoms with Crippen LogP contribution in [0.2, 0.25) is 0 Å². The predicted molar refractivity (Wildman–Crippen MR) is 69.1 cm³/mol. The van der Waals surface area contributed by atoms with E-state index in [-0.39, 0.29) is 30.6 Å². The highest BCUT2D eigenvalue weighted by Crippen LogP contribution is 2.21. The largest absolute Gasteiger partial charge is 0.461 e. The molecule has 0 fully saturated rings. The summed E-state index contributed by atoms with van der Waals surface area (Å²) >= 11 is 0. The van der Waals surface area contributed by atoms with Gasteiger partial charge in [0.25, 0.3) is 0 Å². The van der Waals surface area contributed by atoms with Crippen LogP contribution in [0.15, 0.2) is 0 Å². The molecule has 0 bridgehead atoms. The van der Waals surface area contributed by atoms with Crippen molar-refractivity contribution in [2.75, 3.05) is 30.4 Å². The highest BCUT2D eigenvalue weighted by atomic mass is 19.4. The number of halogens is 3. The molecule has 1 aromatic rings. The van der Waals surface area contributed by atoms with Gasteiger partial charge in [-0.15, -0.1) is 0 Å². The molecule has 0 amide bonds. The van der Waals surface area contributed by atoms with Crippen molar-refractivity contribution >= 4 is 11.9 Å². The first-order valence-corrected chi connectivity index (χ1v) is 6.17. The minimum absolute atomic E-state index is 0.00465. The Bertz CT molecular complexity index is 439. The van der Waals surface area contributed by atoms with E-state index in [1.165, 1.54) is 0 Å². The molecule has 0 spiro atoms. The molecule has 114 valence electrons. The quantitative estimate of drug-likeness (QED) is 0.866. The fraction of sp³-hybridized carbons (Fsp3) is 0.727. The third kappa shape index (κ3) is 5.06. The Balaban J connectivity index is 3.07. The van der Waals surface area contributed by atoms with E-state index in [1.807, 2.05) is 0 Å². The maximum Gasteiger partial charge on any atom is 0.406 e. The number of nitrogens with one attached hydrogen (secondary N) is 1. The lowest BCUT2D eigenvalue weighted by molar-refractivity contribution is -0.119. The normalized spacial score (nSPS) is 11.6. The number of anilines is 2. The average molecular weight is 293 g/mol. The van der Waals surface area contributed by atoms with Crippen LogP contribution in [0.5, 0.6) is 6.01 Å². The van der Waals surface area contributed by atoms with Gasteiger partial charge in [-0.05, 0) is 20.8 Å². The van der Waals surface area contributed by atoms with Crippen molar-refractivity contribution in [3.8, 4) is 6.01 Å². The van der Waals surface area contributed by atoms with E-state index in [2.05, 4.69) is 20.3 Å². The summed E-state index contributed by atoms with van der Waals surface area (Å²) in [5.41, 5.74) is 0. The molecule has 0 unspecified atom stereocenters. The Labute approximate surface area is 115 Å². The summed E-state index contributed by atoms with van der Waals surface area (Å²) in [5.74, 6) is 0.0890. The molecule has 0 aliphatic heterocycles. The Morgan fingerprint density at radius 2 is 1.90 bits per heavy atom. The standard InChI is InChI=1S/C11H18F3N5O/c1-5-19(6-11(12,13)14)9-16-8(15-4)17-10(18-9)20-7(2)3/h7H,5-6H2,1-4H3,(H,15,16,17,18). The van der Waals surface area contributed by atoms with Gasteiger partial charge in [-0.3, -0.25) is 0 Å². The molecule has 1 N–H and O–H groups in total. The number of alkyl halides is 3. The number of ether oxygens (including phenoxy) is 1. The molecule has 1 aromatic heterocycles. The molecule has 6 nitrogen and oxygen atoms in total. The van der Waals surface area contributed by atoms with Crippen LogP contribution in [-0.2, 0) is 0 Å². The van der Waals surface area contributed by atoms with Crippen molar-refractivity contribution in [2.24, 2.45) is 0 Å². The Morgan fingerprint density at radius 3 is 2.35 bits per heavy atom. The van der Waals surface area contributed by atoms with E-state index in [9.17, 15) is 13.2 Å². The number of nitrogens with zero attached hydrogens (tertiary/aromatic N) is 4. The first kappa shape index (κ1) is 16.3. The van der Waals surface area contributed by atoms with Gasteiger partial charge in [0.1, 0.15) is 6.54 Å². The zero-order valence-corrected chi connectivity index (χ0v) is 11.8. The molecular formula is C11H18F3N5O. The lowest BCUT2D eigenvalue weighted by Gasteiger charge is -2.22. The molecule has 0 saturated heterocycles. The third-order valence-electron chi connectivity index (χ3n) is 2.20. The second-order valence-corrected chi connectivity index (χ2v) is 4.29. The smallest absolute Gasteiger partial charge is 0.406 e. The highest BCUT2D eigenvalue weighted by molar-refractivity contribution is 5.38. The van der Waals surface area contributed by atoms with E-state index in [1.54, 1.807) is 27.8 Å². The first-order chi connectivity index (χ1) is 9.25. The zero-order valence-electron chi connectivity index (χ0n) is 11.8. The van der Waals surface area contributed by atoms with Crippen LogP contribution in [0.25, 0.3) is 0 Å². The number of hydrogen-bond acceptors (Lipinski definition) is 6. The Kier molecular flexibility index (Phi) is 5.34. The van der Waals surface area contributed by atoms with Crippen LogP contribution in [0.4, 0.5) is 25.1 Å². The first-order valence-electron chi connectivity index (χ1n) is 6.17. The predicted octanol–water partition coefficient (Wildman–Crippen LogP) is 2.09. The molecule has 0 atom stereocenters. The summed E-state index contributed by atoms with van der Waals surface area (Å²) in [6, 6.07) is -0.00465. The average Bonchev–Trinajstić information content (AvgIpc) is 2.33. The number of hydrogen-bond donors (Lipinski definition) is 1. The summed E-state index contributed by atoms with van der Waals surface area (Å²) in [7, 11) is 1.57. The van der Waals surface area contributed by atoms with E-state index >= 15 is 0 Å². The fourth-order valence-corrected chi connectivity index (χ4v) is 1.40. The van der Waals surface area contributed by atoms with Crippen LogP contribution in [0.1, 0.15) is 20.8 Å². The lowest BCUT2D eigenvalue weighted by Crippen LogP contribution is -2.35. The van der Waals surface area contributed by atoms with E-state index in [0.717, 1.165) is 4.90 Å². The zero-order chi connectivity index (χ0) is 15.3. The summed E-state index contributed by atoms with van der Waals surface area (Å²) in [6.07, 6.45) is -4.52. The third-order valence-corrected chi connectivity index (χ3v) is 2.20. The maximum atomic E-state index is 12.5. The molecule has 20 heavy (non-hydrogen) atoms. The lowest BCUT2D eigenvalue weighted by atomic mass is 10.5. The topological polar surface area (TPSA) is 63.2 Å². The van der Waals surface area contributed by atoms with Gasteiger partial charge in [0, 0.05) is 13.6 Å². The highest BCUT2D eigenvalue weighted by Gasteiger charge is 2.31. The molecule has 0 aliphatic carbocycles. The summed E-state index contributed by atoms with van der Waals surface area (Å²) in [6.45, 7) is 4.13. The summed E-state index contributed by atoms with van der Waals surface area (Å²) in [4.78, 5) is 12.8. The van der Waals surface area contributed by atoms with E-state index in [0.29, 0.717) is 0 Å². The van der Waals surface area contributed by atoms with E-state index in [4.69, 9.17) is 4.74 Å². The molecule has 0 saturated carbocycles. The molecular weight excluding hydrogens is 275 g/mol. The van der Waals surface area contributed by atoms with Crippen molar-refractivity contribution < 1.29 is 17.9 Å². The fourth-order valence-electron chi connectivity index (χ4n) is 1.40. The summed E-state index contributed by atoms with van der Waals surface area (Å²) < 4.78 is 42.8. The second-order valence-electron chi connectivity index (χ2n) is 4.29. The van der Waals surface area contributed by atoms with Gasteiger partial charge in [-0.2, -0.15) is 28.1 Å². The van der Waals surface area contributed by atoms with Gasteiger partial charge < -0.3 is 15.0 Å². The maximum absolute atomic E-state index is 12.5. The van der Waals surface area contributed by atoms with E-state index < -0.39 is 12.7 Å². The molecule has 1 rings (SSSR count). The molecule has 1 heterocycles. The van der Waals surface area contributed by atoms with Crippen molar-refractivity contribution in [3.05, 3.63) is 0 Å². The van der Waals surface area contributed by atoms with Gasteiger partial charge >= 0.3 is 12.2 Å². The molecule has 9 heteroatoms. The van der Waals surface area contributed by atoms with Crippen molar-refractivity contribution in [1.82, 2.24) is 15.0 Å². The van der Waals surface area contributed by atoms with Crippen molar-refractivity contribution in [1.29, 1.82) is 0 Å². The number of rotatable bonds is 6. The minimum Gasteiger partial charge on any atom is -0.461 e. The van der Waals surface area contributed by atoms with Crippen molar-refractivity contribution in [3.63, 3.8) is 0 Å².